The predicted octanol–water partition coefficient (Wildman–Crippen LogP) is 3.10. The van der Waals surface area contributed by atoms with Crippen LogP contribution in [-0.2, 0) is 4.74 Å². The fourth-order valence-corrected chi connectivity index (χ4v) is 2.55. The molecule has 1 aliphatic rings. The molecule has 0 unspecified atom stereocenters. The highest BCUT2D eigenvalue weighted by Gasteiger charge is 2.23. The van der Waals surface area contributed by atoms with E-state index in [2.05, 4.69) is 10.6 Å². The second-order valence-electron chi connectivity index (χ2n) is 4.67. The average Bonchev–Trinajstić information content (AvgIpc) is 2.93. The fourth-order valence-electron chi connectivity index (χ4n) is 2.14. The van der Waals surface area contributed by atoms with E-state index in [0.717, 1.165) is 25.1 Å². The lowest BCUT2D eigenvalue weighted by molar-refractivity contribution is 0.0868. The molecule has 0 aliphatic carbocycles. The number of anilines is 1. The lowest BCUT2D eigenvalue weighted by atomic mass is 10.1. The van der Waals surface area contributed by atoms with E-state index < -0.39 is 0 Å². The van der Waals surface area contributed by atoms with Crippen LogP contribution in [-0.4, -0.2) is 31.0 Å². The number of carbonyl (C=O) groups is 1. The second-order valence-corrected chi connectivity index (χ2v) is 5.55. The first kappa shape index (κ1) is 14.2. The molecule has 104 valence electrons. The first-order valence-corrected chi connectivity index (χ1v) is 7.74. The van der Waals surface area contributed by atoms with Crippen molar-refractivity contribution in [2.24, 2.45) is 0 Å². The summed E-state index contributed by atoms with van der Waals surface area (Å²) in [5.74, 6) is 0. The van der Waals surface area contributed by atoms with Crippen LogP contribution < -0.4 is 10.6 Å². The zero-order chi connectivity index (χ0) is 13.7. The van der Waals surface area contributed by atoms with Crippen molar-refractivity contribution < 1.29 is 9.53 Å². The van der Waals surface area contributed by atoms with E-state index in [0.29, 0.717) is 0 Å². The van der Waals surface area contributed by atoms with E-state index in [9.17, 15) is 4.79 Å². The van der Waals surface area contributed by atoms with Crippen molar-refractivity contribution in [2.75, 3.05) is 18.2 Å². The quantitative estimate of drug-likeness (QED) is 0.833. The summed E-state index contributed by atoms with van der Waals surface area (Å²) in [4.78, 5) is 13.0. The Balaban J connectivity index is 1.82. The minimum atomic E-state index is -0.181. The van der Waals surface area contributed by atoms with E-state index in [1.54, 1.807) is 11.8 Å². The van der Waals surface area contributed by atoms with Crippen molar-refractivity contribution in [1.29, 1.82) is 0 Å². The van der Waals surface area contributed by atoms with Gasteiger partial charge in [0.2, 0.25) is 0 Å². The molecule has 0 radical (unpaired) electrons. The Morgan fingerprint density at radius 1 is 1.42 bits per heavy atom. The normalized spacial score (nSPS) is 20.0. The Morgan fingerprint density at radius 2 is 2.16 bits per heavy atom. The third-order valence-electron chi connectivity index (χ3n) is 3.23. The monoisotopic (exact) mass is 280 g/mol. The lowest BCUT2D eigenvalue weighted by Gasteiger charge is -2.20. The Morgan fingerprint density at radius 3 is 2.74 bits per heavy atom. The van der Waals surface area contributed by atoms with Crippen LogP contribution in [0.25, 0.3) is 0 Å². The molecule has 5 heteroatoms. The molecule has 2 N–H and O–H groups in total. The van der Waals surface area contributed by atoms with Gasteiger partial charge in [-0.25, -0.2) is 4.79 Å². The summed E-state index contributed by atoms with van der Waals surface area (Å²) in [5.41, 5.74) is 0.801. The zero-order valence-corrected chi connectivity index (χ0v) is 12.1. The van der Waals surface area contributed by atoms with Gasteiger partial charge in [-0.1, -0.05) is 0 Å². The summed E-state index contributed by atoms with van der Waals surface area (Å²) in [6, 6.07) is 7.64. The van der Waals surface area contributed by atoms with Crippen molar-refractivity contribution in [3.05, 3.63) is 24.3 Å². The number of hydrogen-bond donors (Lipinski definition) is 2. The van der Waals surface area contributed by atoms with Gasteiger partial charge in [-0.05, 0) is 50.3 Å². The maximum absolute atomic E-state index is 11.9. The topological polar surface area (TPSA) is 50.4 Å². The van der Waals surface area contributed by atoms with Gasteiger partial charge in [-0.3, -0.25) is 0 Å². The van der Waals surface area contributed by atoms with Crippen LogP contribution in [0.3, 0.4) is 0 Å². The van der Waals surface area contributed by atoms with E-state index >= 15 is 0 Å². The molecule has 1 heterocycles. The number of thioether (sulfide) groups is 1. The minimum Gasteiger partial charge on any atom is -0.376 e. The summed E-state index contributed by atoms with van der Waals surface area (Å²) in [6.45, 7) is 2.78. The molecule has 0 spiro atoms. The number of carbonyl (C=O) groups excluding carboxylic acids is 1. The molecule has 2 rings (SSSR count). The standard InChI is InChI=1S/C14H20N2O2S/c1-10(13-4-3-9-18-13)15-14(17)16-11-5-7-12(19-2)8-6-11/h5-8,10,13H,3-4,9H2,1-2H3,(H2,15,16,17)/t10-,13+/m0/s1. The van der Waals surface area contributed by atoms with Crippen molar-refractivity contribution in [3.63, 3.8) is 0 Å². The Kier molecular flexibility index (Phi) is 5.10. The van der Waals surface area contributed by atoms with Gasteiger partial charge in [0, 0.05) is 17.2 Å². The Bertz CT molecular complexity index is 416. The van der Waals surface area contributed by atoms with Gasteiger partial charge in [-0.2, -0.15) is 0 Å². The lowest BCUT2D eigenvalue weighted by Crippen LogP contribution is -2.42. The molecule has 4 nitrogen and oxygen atoms in total. The molecule has 19 heavy (non-hydrogen) atoms. The fraction of sp³-hybridized carbons (Fsp3) is 0.500. The van der Waals surface area contributed by atoms with Crippen LogP contribution in [0.15, 0.2) is 29.2 Å². The SMILES string of the molecule is CSc1ccc(NC(=O)N[C@@H](C)[C@H]2CCCO2)cc1. The summed E-state index contributed by atoms with van der Waals surface area (Å²) in [5, 5.41) is 5.75. The molecule has 0 saturated carbocycles. The van der Waals surface area contributed by atoms with Crippen molar-refractivity contribution >= 4 is 23.5 Å². The highest BCUT2D eigenvalue weighted by Crippen LogP contribution is 2.18. The van der Waals surface area contributed by atoms with Crippen LogP contribution >= 0.6 is 11.8 Å². The molecular formula is C14H20N2O2S. The molecule has 1 aromatic rings. The highest BCUT2D eigenvalue weighted by atomic mass is 32.2. The van der Waals surface area contributed by atoms with Crippen molar-refractivity contribution in [2.45, 2.75) is 36.8 Å². The van der Waals surface area contributed by atoms with E-state index in [1.165, 1.54) is 4.90 Å². The zero-order valence-electron chi connectivity index (χ0n) is 11.3. The summed E-state index contributed by atoms with van der Waals surface area (Å²) >= 11 is 1.68. The summed E-state index contributed by atoms with van der Waals surface area (Å²) in [6.07, 6.45) is 4.26. The number of nitrogens with one attached hydrogen (secondary N) is 2. The van der Waals surface area contributed by atoms with Crippen LogP contribution in [0.5, 0.6) is 0 Å². The number of hydrogen-bond acceptors (Lipinski definition) is 3. The second kappa shape index (κ2) is 6.82. The predicted molar refractivity (Wildman–Crippen MR) is 78.8 cm³/mol. The molecule has 2 atom stereocenters. The average molecular weight is 280 g/mol. The number of urea groups is 1. The summed E-state index contributed by atoms with van der Waals surface area (Å²) in [7, 11) is 0. The van der Waals surface area contributed by atoms with Gasteiger partial charge >= 0.3 is 6.03 Å². The van der Waals surface area contributed by atoms with Crippen molar-refractivity contribution in [3.8, 4) is 0 Å². The smallest absolute Gasteiger partial charge is 0.319 e. The van der Waals surface area contributed by atoms with Gasteiger partial charge in [-0.15, -0.1) is 11.8 Å². The van der Waals surface area contributed by atoms with Gasteiger partial charge in [0.05, 0.1) is 12.1 Å². The highest BCUT2D eigenvalue weighted by molar-refractivity contribution is 7.98. The van der Waals surface area contributed by atoms with Crippen LogP contribution in [0, 0.1) is 0 Å². The molecule has 0 bridgehead atoms. The Hall–Kier alpha value is -1.20. The number of benzene rings is 1. The molecule has 2 amide bonds. The molecular weight excluding hydrogens is 260 g/mol. The van der Waals surface area contributed by atoms with Gasteiger partial charge < -0.3 is 15.4 Å². The van der Waals surface area contributed by atoms with Crippen LogP contribution in [0.4, 0.5) is 10.5 Å². The number of amides is 2. The summed E-state index contributed by atoms with van der Waals surface area (Å²) < 4.78 is 5.55. The minimum absolute atomic E-state index is 0.0352. The molecule has 1 aromatic carbocycles. The number of rotatable bonds is 4. The van der Waals surface area contributed by atoms with E-state index in [1.807, 2.05) is 37.4 Å². The first-order valence-electron chi connectivity index (χ1n) is 6.52. The number of ether oxygens (including phenoxy) is 1. The third-order valence-corrected chi connectivity index (χ3v) is 3.97. The van der Waals surface area contributed by atoms with Gasteiger partial charge in [0.1, 0.15) is 0 Å². The Labute approximate surface area is 118 Å². The molecule has 0 aromatic heterocycles. The van der Waals surface area contributed by atoms with Gasteiger partial charge in [0.15, 0.2) is 0 Å². The largest absolute Gasteiger partial charge is 0.376 e. The first-order chi connectivity index (χ1) is 9.19. The molecule has 1 fully saturated rings. The molecule has 1 aliphatic heterocycles. The maximum Gasteiger partial charge on any atom is 0.319 e. The molecule has 1 saturated heterocycles. The maximum atomic E-state index is 11.9. The third kappa shape index (κ3) is 4.14. The van der Waals surface area contributed by atoms with E-state index in [4.69, 9.17) is 4.74 Å². The van der Waals surface area contributed by atoms with E-state index in [-0.39, 0.29) is 18.2 Å². The van der Waals surface area contributed by atoms with Crippen LogP contribution in [0.2, 0.25) is 0 Å². The van der Waals surface area contributed by atoms with Gasteiger partial charge in [0.25, 0.3) is 0 Å². The van der Waals surface area contributed by atoms with Crippen LogP contribution in [0.1, 0.15) is 19.8 Å². The van der Waals surface area contributed by atoms with Crippen molar-refractivity contribution in [1.82, 2.24) is 5.32 Å².